The molecule has 2 aromatic rings. The predicted molar refractivity (Wildman–Crippen MR) is 77.7 cm³/mol. The minimum atomic E-state index is -0.467. The Morgan fingerprint density at radius 1 is 1.32 bits per heavy atom. The molecular weight excluding hydrogens is 286 g/mol. The van der Waals surface area contributed by atoms with Crippen LogP contribution in [0.3, 0.4) is 0 Å². The molecule has 1 amide bonds. The van der Waals surface area contributed by atoms with Crippen LogP contribution in [-0.2, 0) is 4.74 Å². The number of aromatic nitrogens is 3. The highest BCUT2D eigenvalue weighted by Crippen LogP contribution is 2.34. The Hall–Kier alpha value is -2.38. The van der Waals surface area contributed by atoms with Crippen molar-refractivity contribution in [2.24, 2.45) is 0 Å². The van der Waals surface area contributed by atoms with Crippen molar-refractivity contribution in [3.05, 3.63) is 11.5 Å². The van der Waals surface area contributed by atoms with Gasteiger partial charge in [-0.05, 0) is 26.7 Å². The fraction of sp³-hybridized carbons (Fsp3) is 0.571. The lowest BCUT2D eigenvalue weighted by Gasteiger charge is -2.38. The number of hydrogen-bond acceptors (Lipinski definition) is 7. The summed E-state index contributed by atoms with van der Waals surface area (Å²) in [6.45, 7) is 5.72. The average molecular weight is 303 g/mol. The van der Waals surface area contributed by atoms with Crippen molar-refractivity contribution in [1.82, 2.24) is 20.4 Å². The van der Waals surface area contributed by atoms with Gasteiger partial charge in [-0.25, -0.2) is 9.78 Å². The van der Waals surface area contributed by atoms with E-state index < -0.39 is 5.60 Å². The van der Waals surface area contributed by atoms with Crippen molar-refractivity contribution in [3.8, 4) is 0 Å². The van der Waals surface area contributed by atoms with E-state index in [0.29, 0.717) is 24.6 Å². The number of nitrogens with one attached hydrogen (secondary N) is 1. The Kier molecular flexibility index (Phi) is 2.75. The maximum Gasteiger partial charge on any atom is 0.407 e. The number of amides is 1. The van der Waals surface area contributed by atoms with Crippen LogP contribution < -0.4 is 10.2 Å². The number of alkyl carbamates (subject to hydrolysis) is 1. The second kappa shape index (κ2) is 4.56. The standard InChI is InChI=1S/C14H17N5O3/c1-8-10-11(16-9(2)17-12(10)22-18-8)19-5-3-4-14(7-19)6-15-13(20)21-14/h3-7H2,1-2H3,(H,15,20)/t14-/m0/s1. The van der Waals surface area contributed by atoms with Crippen LogP contribution in [0.2, 0.25) is 0 Å². The van der Waals surface area contributed by atoms with Gasteiger partial charge < -0.3 is 19.5 Å². The Morgan fingerprint density at radius 3 is 2.95 bits per heavy atom. The van der Waals surface area contributed by atoms with Crippen LogP contribution >= 0.6 is 0 Å². The first-order valence-corrected chi connectivity index (χ1v) is 7.39. The van der Waals surface area contributed by atoms with Crippen LogP contribution in [-0.4, -0.2) is 46.5 Å². The Bertz CT molecular complexity index is 758. The van der Waals surface area contributed by atoms with Gasteiger partial charge in [-0.3, -0.25) is 0 Å². The number of rotatable bonds is 1. The molecule has 4 heterocycles. The molecule has 0 bridgehead atoms. The van der Waals surface area contributed by atoms with Gasteiger partial charge in [0.2, 0.25) is 0 Å². The fourth-order valence-corrected chi connectivity index (χ4v) is 3.31. The van der Waals surface area contributed by atoms with E-state index in [0.717, 1.165) is 36.3 Å². The SMILES string of the molecule is Cc1nc(N2CCC[C@]3(CNC(=O)O3)C2)c2c(C)noc2n1. The van der Waals surface area contributed by atoms with Crippen molar-refractivity contribution < 1.29 is 14.1 Å². The van der Waals surface area contributed by atoms with Crippen molar-refractivity contribution >= 4 is 23.0 Å². The van der Waals surface area contributed by atoms with E-state index in [9.17, 15) is 4.79 Å². The number of piperidine rings is 1. The van der Waals surface area contributed by atoms with E-state index in [1.165, 1.54) is 0 Å². The third-order valence-electron chi connectivity index (χ3n) is 4.30. The number of anilines is 1. The van der Waals surface area contributed by atoms with Crippen molar-refractivity contribution in [1.29, 1.82) is 0 Å². The van der Waals surface area contributed by atoms with Crippen LogP contribution in [0.25, 0.3) is 11.1 Å². The van der Waals surface area contributed by atoms with E-state index in [-0.39, 0.29) is 6.09 Å². The minimum absolute atomic E-state index is 0.341. The molecule has 2 saturated heterocycles. The van der Waals surface area contributed by atoms with E-state index >= 15 is 0 Å². The van der Waals surface area contributed by atoms with Gasteiger partial charge >= 0.3 is 6.09 Å². The number of ether oxygens (including phenoxy) is 1. The Labute approximate surface area is 126 Å². The molecule has 2 aliphatic rings. The fourth-order valence-electron chi connectivity index (χ4n) is 3.31. The lowest BCUT2D eigenvalue weighted by atomic mass is 9.93. The van der Waals surface area contributed by atoms with Gasteiger partial charge in [0, 0.05) is 6.54 Å². The van der Waals surface area contributed by atoms with Gasteiger partial charge in [0.25, 0.3) is 5.71 Å². The first-order valence-electron chi connectivity index (χ1n) is 7.39. The summed E-state index contributed by atoms with van der Waals surface area (Å²) < 4.78 is 10.8. The number of carbonyl (C=O) groups is 1. The summed E-state index contributed by atoms with van der Waals surface area (Å²) in [7, 11) is 0. The molecule has 4 rings (SSSR count). The highest BCUT2D eigenvalue weighted by atomic mass is 16.6. The lowest BCUT2D eigenvalue weighted by Crippen LogP contribution is -2.50. The molecule has 2 aromatic heterocycles. The normalized spacial score (nSPS) is 24.8. The van der Waals surface area contributed by atoms with Crippen molar-refractivity contribution in [3.63, 3.8) is 0 Å². The van der Waals surface area contributed by atoms with Gasteiger partial charge in [0.1, 0.15) is 22.6 Å². The molecule has 1 N–H and O–H groups in total. The average Bonchev–Trinajstić information content (AvgIpc) is 3.02. The van der Waals surface area contributed by atoms with Crippen LogP contribution in [0, 0.1) is 13.8 Å². The van der Waals surface area contributed by atoms with Crippen LogP contribution in [0.15, 0.2) is 4.52 Å². The number of carbonyl (C=O) groups excluding carboxylic acids is 1. The molecule has 0 saturated carbocycles. The molecule has 0 radical (unpaired) electrons. The van der Waals surface area contributed by atoms with Gasteiger partial charge in [-0.15, -0.1) is 0 Å². The molecular formula is C14H17N5O3. The minimum Gasteiger partial charge on any atom is -0.439 e. The smallest absolute Gasteiger partial charge is 0.407 e. The van der Waals surface area contributed by atoms with Gasteiger partial charge in [-0.1, -0.05) is 5.16 Å². The maximum atomic E-state index is 11.4. The van der Waals surface area contributed by atoms with Crippen molar-refractivity contribution in [2.45, 2.75) is 32.3 Å². The summed E-state index contributed by atoms with van der Waals surface area (Å²) >= 11 is 0. The summed E-state index contributed by atoms with van der Waals surface area (Å²) in [5.41, 5.74) is 0.804. The molecule has 1 atom stereocenters. The third kappa shape index (κ3) is 1.98. The zero-order valence-corrected chi connectivity index (χ0v) is 12.5. The van der Waals surface area contributed by atoms with E-state index in [4.69, 9.17) is 9.26 Å². The largest absolute Gasteiger partial charge is 0.439 e. The second-order valence-corrected chi connectivity index (χ2v) is 5.99. The third-order valence-corrected chi connectivity index (χ3v) is 4.30. The molecule has 8 nitrogen and oxygen atoms in total. The van der Waals surface area contributed by atoms with E-state index in [1.807, 2.05) is 13.8 Å². The monoisotopic (exact) mass is 303 g/mol. The lowest BCUT2D eigenvalue weighted by molar-refractivity contribution is 0.0446. The first kappa shape index (κ1) is 13.3. The molecule has 2 fully saturated rings. The molecule has 22 heavy (non-hydrogen) atoms. The van der Waals surface area contributed by atoms with Gasteiger partial charge in [0.05, 0.1) is 18.8 Å². The summed E-state index contributed by atoms with van der Waals surface area (Å²) in [6.07, 6.45) is 1.45. The van der Waals surface area contributed by atoms with E-state index in [2.05, 4.69) is 25.3 Å². The predicted octanol–water partition coefficient (Wildman–Crippen LogP) is 1.31. The highest BCUT2D eigenvalue weighted by Gasteiger charge is 2.44. The van der Waals surface area contributed by atoms with E-state index in [1.54, 1.807) is 0 Å². The van der Waals surface area contributed by atoms with Crippen LogP contribution in [0.5, 0.6) is 0 Å². The van der Waals surface area contributed by atoms with Gasteiger partial charge in [0.15, 0.2) is 0 Å². The molecule has 0 unspecified atom stereocenters. The zero-order valence-electron chi connectivity index (χ0n) is 12.5. The Morgan fingerprint density at radius 2 is 2.18 bits per heavy atom. The maximum absolute atomic E-state index is 11.4. The highest BCUT2D eigenvalue weighted by molar-refractivity contribution is 5.88. The molecule has 1 spiro atoms. The van der Waals surface area contributed by atoms with Crippen molar-refractivity contribution in [2.75, 3.05) is 24.5 Å². The van der Waals surface area contributed by atoms with Crippen LogP contribution in [0.4, 0.5) is 10.6 Å². The quantitative estimate of drug-likeness (QED) is 0.849. The summed E-state index contributed by atoms with van der Waals surface area (Å²) in [5.74, 6) is 1.45. The molecule has 2 aliphatic heterocycles. The summed E-state index contributed by atoms with van der Waals surface area (Å²) in [6, 6.07) is 0. The Balaban J connectivity index is 1.75. The summed E-state index contributed by atoms with van der Waals surface area (Å²) in [5, 5.41) is 7.58. The molecule has 0 aliphatic carbocycles. The second-order valence-electron chi connectivity index (χ2n) is 5.99. The summed E-state index contributed by atoms with van der Waals surface area (Å²) in [4.78, 5) is 22.5. The molecule has 116 valence electrons. The van der Waals surface area contributed by atoms with Gasteiger partial charge in [-0.2, -0.15) is 4.98 Å². The number of hydrogen-bond donors (Lipinski definition) is 1. The number of aryl methyl sites for hydroxylation is 2. The molecule has 8 heteroatoms. The number of fused-ring (bicyclic) bond motifs is 1. The first-order chi connectivity index (χ1) is 10.6. The number of nitrogens with zero attached hydrogens (tertiary/aromatic N) is 4. The molecule has 0 aromatic carbocycles. The van der Waals surface area contributed by atoms with Crippen LogP contribution in [0.1, 0.15) is 24.4 Å². The zero-order chi connectivity index (χ0) is 15.3. The topological polar surface area (TPSA) is 93.4 Å².